The second-order valence-corrected chi connectivity index (χ2v) is 7.52. The minimum Gasteiger partial charge on any atom is -0.464 e. The number of rotatable bonds is 6. The Kier molecular flexibility index (Phi) is 5.43. The summed E-state index contributed by atoms with van der Waals surface area (Å²) in [6, 6.07) is 1.60. The van der Waals surface area contributed by atoms with Crippen LogP contribution < -0.4 is 10.0 Å². The highest BCUT2D eigenvalue weighted by atomic mass is 32.2. The Bertz CT molecular complexity index is 568. The Morgan fingerprint density at radius 1 is 1.48 bits per heavy atom. The second-order valence-electron chi connectivity index (χ2n) is 5.79. The van der Waals surface area contributed by atoms with E-state index in [9.17, 15) is 8.42 Å². The average Bonchev–Trinajstić information content (AvgIpc) is 2.79. The molecule has 0 amide bonds. The maximum Gasteiger partial charge on any atom is 0.244 e. The van der Waals surface area contributed by atoms with Crippen molar-refractivity contribution in [3.63, 3.8) is 0 Å². The molecule has 0 saturated carbocycles. The molecule has 1 aliphatic heterocycles. The average molecular weight is 315 g/mol. The summed E-state index contributed by atoms with van der Waals surface area (Å²) >= 11 is 0. The summed E-state index contributed by atoms with van der Waals surface area (Å²) in [5.41, 5.74) is 0. The molecule has 1 saturated heterocycles. The number of hydrogen-bond acceptors (Lipinski definition) is 5. The Balaban J connectivity index is 2.01. The normalized spacial score (nSPS) is 20.8. The zero-order chi connectivity index (χ0) is 15.5. The van der Waals surface area contributed by atoms with Gasteiger partial charge in [0, 0.05) is 19.2 Å². The summed E-state index contributed by atoms with van der Waals surface area (Å²) in [5, 5.41) is 2.95. The van der Waals surface area contributed by atoms with E-state index < -0.39 is 10.0 Å². The number of hydrogen-bond donors (Lipinski definition) is 2. The topological polar surface area (TPSA) is 74.6 Å². The molecule has 0 aliphatic carbocycles. The number of piperidine rings is 1. The molecule has 0 spiro atoms. The molecule has 1 fully saturated rings. The second kappa shape index (κ2) is 6.91. The molecule has 1 aromatic rings. The van der Waals surface area contributed by atoms with E-state index in [4.69, 9.17) is 4.42 Å². The fourth-order valence-electron chi connectivity index (χ4n) is 2.80. The smallest absolute Gasteiger partial charge is 0.244 e. The van der Waals surface area contributed by atoms with Crippen LogP contribution in [0.25, 0.3) is 0 Å². The molecule has 1 aliphatic rings. The van der Waals surface area contributed by atoms with Crippen molar-refractivity contribution in [1.82, 2.24) is 14.9 Å². The van der Waals surface area contributed by atoms with E-state index in [1.807, 2.05) is 0 Å². The molecule has 6 nitrogen and oxygen atoms in total. The fraction of sp³-hybridized carbons (Fsp3) is 0.714. The van der Waals surface area contributed by atoms with E-state index in [0.717, 1.165) is 25.9 Å². The molecule has 120 valence electrons. The largest absolute Gasteiger partial charge is 0.464 e. The van der Waals surface area contributed by atoms with Gasteiger partial charge in [0.15, 0.2) is 0 Å². The molecule has 1 unspecified atom stereocenters. The molecule has 2 N–H and O–H groups in total. The predicted octanol–water partition coefficient (Wildman–Crippen LogP) is 0.928. The van der Waals surface area contributed by atoms with Crippen LogP contribution in [-0.4, -0.2) is 47.0 Å². The van der Waals surface area contributed by atoms with Gasteiger partial charge in [-0.3, -0.25) is 0 Å². The molecule has 21 heavy (non-hydrogen) atoms. The summed E-state index contributed by atoms with van der Waals surface area (Å²) < 4.78 is 33.0. The summed E-state index contributed by atoms with van der Waals surface area (Å²) in [6.45, 7) is 4.72. The minimum absolute atomic E-state index is 0.247. The third-order valence-corrected chi connectivity index (χ3v) is 5.38. The van der Waals surface area contributed by atoms with Crippen molar-refractivity contribution in [3.8, 4) is 0 Å². The Hall–Kier alpha value is -0.890. The molecule has 0 aromatic carbocycles. The SMILES string of the molecule is CNCc1cc(S(=O)(=O)NCC2CCCN(C)C2)c(C)o1. The van der Waals surface area contributed by atoms with Crippen LogP contribution >= 0.6 is 0 Å². The number of sulfonamides is 1. The number of nitrogens with zero attached hydrogens (tertiary/aromatic N) is 1. The van der Waals surface area contributed by atoms with Crippen LogP contribution in [0.1, 0.15) is 24.4 Å². The van der Waals surface area contributed by atoms with Gasteiger partial charge in [0.25, 0.3) is 0 Å². The van der Waals surface area contributed by atoms with Crippen LogP contribution in [0.3, 0.4) is 0 Å². The van der Waals surface area contributed by atoms with Crippen LogP contribution in [0.2, 0.25) is 0 Å². The third kappa shape index (κ3) is 4.29. The van der Waals surface area contributed by atoms with Crippen molar-refractivity contribution in [3.05, 3.63) is 17.6 Å². The van der Waals surface area contributed by atoms with E-state index in [0.29, 0.717) is 30.5 Å². The van der Waals surface area contributed by atoms with E-state index in [1.165, 1.54) is 0 Å². The molecule has 2 rings (SSSR count). The molecule has 1 aromatic heterocycles. The number of furan rings is 1. The standard InChI is InChI=1S/C14H25N3O3S/c1-11-14(7-13(20-11)9-15-2)21(18,19)16-8-12-5-4-6-17(3)10-12/h7,12,15-16H,4-6,8-10H2,1-3H3. The van der Waals surface area contributed by atoms with Crippen molar-refractivity contribution in [2.24, 2.45) is 5.92 Å². The predicted molar refractivity (Wildman–Crippen MR) is 81.6 cm³/mol. The van der Waals surface area contributed by atoms with Gasteiger partial charge < -0.3 is 14.6 Å². The Morgan fingerprint density at radius 3 is 2.90 bits per heavy atom. The lowest BCUT2D eigenvalue weighted by Gasteiger charge is -2.29. The lowest BCUT2D eigenvalue weighted by atomic mass is 9.99. The summed E-state index contributed by atoms with van der Waals surface area (Å²) in [6.07, 6.45) is 2.20. The van der Waals surface area contributed by atoms with Crippen LogP contribution in [0.15, 0.2) is 15.4 Å². The van der Waals surface area contributed by atoms with Crippen LogP contribution in [0.5, 0.6) is 0 Å². The van der Waals surface area contributed by atoms with Gasteiger partial charge in [-0.25, -0.2) is 13.1 Å². The molecular formula is C14H25N3O3S. The zero-order valence-corrected chi connectivity index (χ0v) is 13.8. The highest BCUT2D eigenvalue weighted by Crippen LogP contribution is 2.21. The first-order chi connectivity index (χ1) is 9.92. The monoisotopic (exact) mass is 315 g/mol. The van der Waals surface area contributed by atoms with Gasteiger partial charge in [-0.15, -0.1) is 0 Å². The van der Waals surface area contributed by atoms with Crippen LogP contribution in [0, 0.1) is 12.8 Å². The number of aryl methyl sites for hydroxylation is 1. The molecule has 0 radical (unpaired) electrons. The van der Waals surface area contributed by atoms with Crippen LogP contribution in [-0.2, 0) is 16.6 Å². The lowest BCUT2D eigenvalue weighted by Crippen LogP contribution is -2.39. The molecule has 2 heterocycles. The van der Waals surface area contributed by atoms with Gasteiger partial charge in [0.2, 0.25) is 10.0 Å². The zero-order valence-electron chi connectivity index (χ0n) is 13.0. The highest BCUT2D eigenvalue weighted by molar-refractivity contribution is 7.89. The van der Waals surface area contributed by atoms with Crippen molar-refractivity contribution in [2.45, 2.75) is 31.2 Å². The van der Waals surface area contributed by atoms with Gasteiger partial charge in [0.05, 0.1) is 6.54 Å². The van der Waals surface area contributed by atoms with Gasteiger partial charge in [-0.2, -0.15) is 0 Å². The molecular weight excluding hydrogens is 290 g/mol. The quantitative estimate of drug-likeness (QED) is 0.817. The number of likely N-dealkylation sites (tertiary alicyclic amines) is 1. The van der Waals surface area contributed by atoms with Crippen molar-refractivity contribution >= 4 is 10.0 Å². The van der Waals surface area contributed by atoms with E-state index >= 15 is 0 Å². The van der Waals surface area contributed by atoms with Gasteiger partial charge >= 0.3 is 0 Å². The molecule has 7 heteroatoms. The minimum atomic E-state index is -3.50. The summed E-state index contributed by atoms with van der Waals surface area (Å²) in [4.78, 5) is 2.49. The molecule has 0 bridgehead atoms. The first-order valence-electron chi connectivity index (χ1n) is 7.34. The van der Waals surface area contributed by atoms with E-state index in [-0.39, 0.29) is 4.90 Å². The first-order valence-corrected chi connectivity index (χ1v) is 8.83. The Labute approximate surface area is 126 Å². The van der Waals surface area contributed by atoms with Gasteiger partial charge in [-0.05, 0) is 46.3 Å². The maximum atomic E-state index is 12.4. The van der Waals surface area contributed by atoms with Crippen molar-refractivity contribution < 1.29 is 12.8 Å². The van der Waals surface area contributed by atoms with Crippen molar-refractivity contribution in [1.29, 1.82) is 0 Å². The lowest BCUT2D eigenvalue weighted by molar-refractivity contribution is 0.211. The first kappa shape index (κ1) is 16.5. The summed E-state index contributed by atoms with van der Waals surface area (Å²) in [7, 11) is 0.374. The van der Waals surface area contributed by atoms with Crippen LogP contribution in [0.4, 0.5) is 0 Å². The third-order valence-electron chi connectivity index (χ3n) is 3.85. The molecule has 1 atom stereocenters. The maximum absolute atomic E-state index is 12.4. The fourth-order valence-corrected chi connectivity index (χ4v) is 4.11. The van der Waals surface area contributed by atoms with Gasteiger partial charge in [-0.1, -0.05) is 0 Å². The van der Waals surface area contributed by atoms with E-state index in [2.05, 4.69) is 22.0 Å². The Morgan fingerprint density at radius 2 is 2.24 bits per heavy atom. The van der Waals surface area contributed by atoms with E-state index in [1.54, 1.807) is 20.0 Å². The number of nitrogens with one attached hydrogen (secondary N) is 2. The van der Waals surface area contributed by atoms with Gasteiger partial charge in [0.1, 0.15) is 16.4 Å². The highest BCUT2D eigenvalue weighted by Gasteiger charge is 2.24. The summed E-state index contributed by atoms with van der Waals surface area (Å²) in [5.74, 6) is 1.45. The van der Waals surface area contributed by atoms with Crippen molar-refractivity contribution in [2.75, 3.05) is 33.7 Å².